The molecule has 1 atom stereocenters. The summed E-state index contributed by atoms with van der Waals surface area (Å²) < 4.78 is 39.0. The van der Waals surface area contributed by atoms with Crippen LogP contribution < -0.4 is 10.2 Å². The van der Waals surface area contributed by atoms with E-state index in [0.717, 1.165) is 11.6 Å². The number of aromatic nitrogens is 2. The molecule has 0 aliphatic carbocycles. The molecule has 1 heterocycles. The van der Waals surface area contributed by atoms with Gasteiger partial charge in [-0.15, -0.1) is 0 Å². The molecule has 0 saturated heterocycles. The minimum Gasteiger partial charge on any atom is -0.363 e. The summed E-state index contributed by atoms with van der Waals surface area (Å²) in [5.74, 6) is 0.0289. The molecular weight excluding hydrogens is 319 g/mol. The van der Waals surface area contributed by atoms with E-state index in [2.05, 4.69) is 15.3 Å². The van der Waals surface area contributed by atoms with Crippen molar-refractivity contribution in [1.82, 2.24) is 9.97 Å². The summed E-state index contributed by atoms with van der Waals surface area (Å²) >= 11 is 0. The number of hydrogen-bond acceptors (Lipinski definition) is 5. The maximum absolute atomic E-state index is 13.0. The number of nitrogens with zero attached hydrogens (tertiary/aromatic N) is 4. The van der Waals surface area contributed by atoms with Crippen LogP contribution in [0.5, 0.6) is 0 Å². The molecule has 1 aromatic heterocycles. The second-order valence-corrected chi connectivity index (χ2v) is 5.43. The first-order valence-electron chi connectivity index (χ1n) is 7.11. The molecule has 24 heavy (non-hydrogen) atoms. The lowest BCUT2D eigenvalue weighted by Gasteiger charge is -2.19. The van der Waals surface area contributed by atoms with Crippen LogP contribution in [0.15, 0.2) is 30.3 Å². The van der Waals surface area contributed by atoms with E-state index in [9.17, 15) is 13.2 Å². The number of benzene rings is 1. The molecule has 5 nitrogen and oxygen atoms in total. The van der Waals surface area contributed by atoms with E-state index in [1.807, 2.05) is 6.07 Å². The van der Waals surface area contributed by atoms with Gasteiger partial charge in [0.15, 0.2) is 5.69 Å². The predicted octanol–water partition coefficient (Wildman–Crippen LogP) is 3.61. The van der Waals surface area contributed by atoms with Crippen molar-refractivity contribution in [2.75, 3.05) is 24.3 Å². The van der Waals surface area contributed by atoms with E-state index in [1.54, 1.807) is 45.3 Å². The average Bonchev–Trinajstić information content (AvgIpc) is 2.53. The fourth-order valence-electron chi connectivity index (χ4n) is 2.03. The van der Waals surface area contributed by atoms with Crippen LogP contribution >= 0.6 is 0 Å². The number of rotatable bonds is 4. The van der Waals surface area contributed by atoms with Crippen LogP contribution in [-0.4, -0.2) is 24.1 Å². The minimum atomic E-state index is -4.56. The number of alkyl halides is 3. The summed E-state index contributed by atoms with van der Waals surface area (Å²) in [7, 11) is 3.21. The van der Waals surface area contributed by atoms with Crippen LogP contribution in [-0.2, 0) is 6.18 Å². The molecule has 8 heteroatoms. The number of hydrogen-bond donors (Lipinski definition) is 1. The lowest BCUT2D eigenvalue weighted by atomic mass is 10.1. The molecular formula is C16H16F3N5. The standard InChI is InChI=1S/C16H16F3N5/c1-10(12-6-4-5-11(7-12)9-20)21-15-22-13(16(17,18)19)8-14(23-15)24(2)3/h4-8,10H,1-3H3,(H,21,22,23). The average molecular weight is 335 g/mol. The third-order valence-electron chi connectivity index (χ3n) is 3.32. The Morgan fingerprint density at radius 2 is 1.92 bits per heavy atom. The van der Waals surface area contributed by atoms with Crippen molar-refractivity contribution in [3.8, 4) is 6.07 Å². The van der Waals surface area contributed by atoms with Crippen molar-refractivity contribution in [2.45, 2.75) is 19.1 Å². The largest absolute Gasteiger partial charge is 0.433 e. The van der Waals surface area contributed by atoms with Gasteiger partial charge >= 0.3 is 6.18 Å². The SMILES string of the molecule is CC(Nc1nc(N(C)C)cc(C(F)(F)F)n1)c1cccc(C#N)c1. The summed E-state index contributed by atoms with van der Waals surface area (Å²) in [5.41, 5.74) is 0.211. The molecule has 1 unspecified atom stereocenters. The van der Waals surface area contributed by atoms with Crippen LogP contribution in [0.4, 0.5) is 24.9 Å². The van der Waals surface area contributed by atoms with Crippen LogP contribution in [0.25, 0.3) is 0 Å². The van der Waals surface area contributed by atoms with Gasteiger partial charge in [-0.3, -0.25) is 0 Å². The zero-order chi connectivity index (χ0) is 17.9. The second kappa shape index (κ2) is 6.74. The molecule has 0 spiro atoms. The van der Waals surface area contributed by atoms with Crippen molar-refractivity contribution in [1.29, 1.82) is 5.26 Å². The molecule has 1 aromatic carbocycles. The monoisotopic (exact) mass is 335 g/mol. The molecule has 126 valence electrons. The fourth-order valence-corrected chi connectivity index (χ4v) is 2.03. The van der Waals surface area contributed by atoms with Crippen molar-refractivity contribution < 1.29 is 13.2 Å². The predicted molar refractivity (Wildman–Crippen MR) is 84.6 cm³/mol. The van der Waals surface area contributed by atoms with Crippen LogP contribution in [0, 0.1) is 11.3 Å². The van der Waals surface area contributed by atoms with E-state index < -0.39 is 11.9 Å². The molecule has 0 radical (unpaired) electrons. The molecule has 0 bridgehead atoms. The third-order valence-corrected chi connectivity index (χ3v) is 3.32. The summed E-state index contributed by atoms with van der Waals surface area (Å²) in [6.45, 7) is 1.76. The van der Waals surface area contributed by atoms with E-state index >= 15 is 0 Å². The Kier molecular flexibility index (Phi) is 4.93. The van der Waals surface area contributed by atoms with Gasteiger partial charge in [0.2, 0.25) is 5.95 Å². The Hall–Kier alpha value is -2.82. The lowest BCUT2D eigenvalue weighted by Crippen LogP contribution is -2.18. The highest BCUT2D eigenvalue weighted by molar-refractivity contribution is 5.45. The Balaban J connectivity index is 2.34. The van der Waals surface area contributed by atoms with Gasteiger partial charge in [-0.25, -0.2) is 4.98 Å². The number of halogens is 3. The molecule has 2 rings (SSSR count). The topological polar surface area (TPSA) is 64.8 Å². The maximum Gasteiger partial charge on any atom is 0.433 e. The van der Waals surface area contributed by atoms with Crippen molar-refractivity contribution in [2.24, 2.45) is 0 Å². The second-order valence-electron chi connectivity index (χ2n) is 5.43. The molecule has 0 saturated carbocycles. The molecule has 1 N–H and O–H groups in total. The Labute approximate surface area is 137 Å². The van der Waals surface area contributed by atoms with Gasteiger partial charge in [-0.1, -0.05) is 12.1 Å². The quantitative estimate of drug-likeness (QED) is 0.925. The van der Waals surface area contributed by atoms with Gasteiger partial charge in [0, 0.05) is 20.2 Å². The van der Waals surface area contributed by atoms with E-state index in [4.69, 9.17) is 5.26 Å². The summed E-state index contributed by atoms with van der Waals surface area (Å²) in [4.78, 5) is 9.12. The molecule has 0 amide bonds. The number of nitriles is 1. The highest BCUT2D eigenvalue weighted by Crippen LogP contribution is 2.30. The molecule has 0 aliphatic rings. The third kappa shape index (κ3) is 4.13. The van der Waals surface area contributed by atoms with Gasteiger partial charge in [0.05, 0.1) is 17.7 Å². The van der Waals surface area contributed by atoms with E-state index in [1.165, 1.54) is 4.90 Å². The zero-order valence-corrected chi connectivity index (χ0v) is 13.4. The zero-order valence-electron chi connectivity index (χ0n) is 13.4. The van der Waals surface area contributed by atoms with Gasteiger partial charge in [-0.05, 0) is 24.6 Å². The van der Waals surface area contributed by atoms with Crippen molar-refractivity contribution >= 4 is 11.8 Å². The van der Waals surface area contributed by atoms with Gasteiger partial charge in [0.1, 0.15) is 5.82 Å². The summed E-state index contributed by atoms with van der Waals surface area (Å²) in [6.07, 6.45) is -4.56. The highest BCUT2D eigenvalue weighted by Gasteiger charge is 2.34. The molecule has 2 aromatic rings. The first-order chi connectivity index (χ1) is 11.2. The first kappa shape index (κ1) is 17.5. The number of anilines is 2. The van der Waals surface area contributed by atoms with Crippen LogP contribution in [0.2, 0.25) is 0 Å². The highest BCUT2D eigenvalue weighted by atomic mass is 19.4. The normalized spacial score (nSPS) is 12.4. The minimum absolute atomic E-state index is 0.122. The van der Waals surface area contributed by atoms with E-state index in [-0.39, 0.29) is 17.8 Å². The summed E-state index contributed by atoms with van der Waals surface area (Å²) in [5, 5.41) is 11.8. The Morgan fingerprint density at radius 3 is 2.50 bits per heavy atom. The van der Waals surface area contributed by atoms with Gasteiger partial charge < -0.3 is 10.2 Å². The number of nitrogens with one attached hydrogen (secondary N) is 1. The Morgan fingerprint density at radius 1 is 1.21 bits per heavy atom. The maximum atomic E-state index is 13.0. The van der Waals surface area contributed by atoms with Gasteiger partial charge in [-0.2, -0.15) is 23.4 Å². The van der Waals surface area contributed by atoms with Crippen molar-refractivity contribution in [3.63, 3.8) is 0 Å². The van der Waals surface area contributed by atoms with Crippen LogP contribution in [0.3, 0.4) is 0 Å². The van der Waals surface area contributed by atoms with Gasteiger partial charge in [0.25, 0.3) is 0 Å². The van der Waals surface area contributed by atoms with Crippen molar-refractivity contribution in [3.05, 3.63) is 47.2 Å². The smallest absolute Gasteiger partial charge is 0.363 e. The van der Waals surface area contributed by atoms with Crippen LogP contribution in [0.1, 0.15) is 29.8 Å². The Bertz CT molecular complexity index is 765. The molecule has 0 aliphatic heterocycles. The van der Waals surface area contributed by atoms with E-state index in [0.29, 0.717) is 5.56 Å². The lowest BCUT2D eigenvalue weighted by molar-refractivity contribution is -0.141. The molecule has 0 fully saturated rings. The first-order valence-corrected chi connectivity index (χ1v) is 7.11. The fraction of sp³-hybridized carbons (Fsp3) is 0.312. The summed E-state index contributed by atoms with van der Waals surface area (Å²) in [6, 6.07) is 9.36.